The third-order valence-electron chi connectivity index (χ3n) is 3.88. The molecule has 2 heterocycles. The summed E-state index contributed by atoms with van der Waals surface area (Å²) in [6.45, 7) is 4.19. The van der Waals surface area contributed by atoms with Crippen LogP contribution in [0.1, 0.15) is 22.3 Å². The topological polar surface area (TPSA) is 54.7 Å². The van der Waals surface area contributed by atoms with Crippen molar-refractivity contribution in [2.45, 2.75) is 12.8 Å². The molecule has 118 valence electrons. The third kappa shape index (κ3) is 2.90. The number of amides is 2. The number of carbonyl (C=O) groups excluding carboxylic acids is 2. The minimum absolute atomic E-state index is 0.142. The van der Waals surface area contributed by atoms with E-state index in [1.54, 1.807) is 17.0 Å². The van der Waals surface area contributed by atoms with Crippen LogP contribution in [-0.4, -0.2) is 22.9 Å². The Morgan fingerprint density at radius 3 is 2.91 bits per heavy atom. The Labute approximate surface area is 138 Å². The zero-order chi connectivity index (χ0) is 16.4. The summed E-state index contributed by atoms with van der Waals surface area (Å²) in [4.78, 5) is 31.1. The monoisotopic (exact) mass is 327 g/mol. The lowest BCUT2D eigenvalue weighted by Crippen LogP contribution is -2.34. The Morgan fingerprint density at radius 1 is 1.39 bits per heavy atom. The van der Waals surface area contributed by atoms with E-state index in [-0.39, 0.29) is 11.8 Å². The predicted octanol–water partition coefficient (Wildman–Crippen LogP) is 2.29. The van der Waals surface area contributed by atoms with E-state index in [0.717, 1.165) is 24.1 Å². The first kappa shape index (κ1) is 15.4. The minimum atomic E-state index is -0.271. The lowest BCUT2D eigenvalue weighted by molar-refractivity contribution is -0.114. The van der Waals surface area contributed by atoms with Crippen molar-refractivity contribution in [1.29, 1.82) is 0 Å². The van der Waals surface area contributed by atoms with Gasteiger partial charge < -0.3 is 9.47 Å². The number of thiazole rings is 1. The normalized spacial score (nSPS) is 14.5. The number of aryl methyl sites for hydroxylation is 1. The summed E-state index contributed by atoms with van der Waals surface area (Å²) < 4.78 is 1.81. The van der Waals surface area contributed by atoms with E-state index in [2.05, 4.69) is 11.6 Å². The molecule has 0 N–H and O–H groups in total. The fourth-order valence-corrected chi connectivity index (χ4v) is 3.47. The van der Waals surface area contributed by atoms with Gasteiger partial charge >= 0.3 is 0 Å². The Kier molecular flexibility index (Phi) is 4.25. The van der Waals surface area contributed by atoms with Crippen LogP contribution in [0, 0.1) is 0 Å². The van der Waals surface area contributed by atoms with E-state index < -0.39 is 0 Å². The maximum Gasteiger partial charge on any atom is 0.280 e. The van der Waals surface area contributed by atoms with Crippen LogP contribution in [0.25, 0.3) is 0 Å². The van der Waals surface area contributed by atoms with Crippen molar-refractivity contribution in [2.24, 2.45) is 12.0 Å². The number of rotatable bonds is 2. The first-order chi connectivity index (χ1) is 11.1. The van der Waals surface area contributed by atoms with Gasteiger partial charge in [-0.25, -0.2) is 0 Å². The van der Waals surface area contributed by atoms with Crippen molar-refractivity contribution in [1.82, 2.24) is 4.57 Å². The molecule has 23 heavy (non-hydrogen) atoms. The molecule has 0 atom stereocenters. The lowest BCUT2D eigenvalue weighted by atomic mass is 9.95. The van der Waals surface area contributed by atoms with Gasteiger partial charge in [-0.1, -0.05) is 12.6 Å². The van der Waals surface area contributed by atoms with Crippen LogP contribution in [0.15, 0.2) is 47.4 Å². The van der Waals surface area contributed by atoms with Gasteiger partial charge in [0.25, 0.3) is 5.91 Å². The van der Waals surface area contributed by atoms with E-state index in [1.807, 2.05) is 29.3 Å². The second kappa shape index (κ2) is 6.34. The van der Waals surface area contributed by atoms with E-state index in [9.17, 15) is 9.59 Å². The van der Waals surface area contributed by atoms with E-state index in [0.29, 0.717) is 16.9 Å². The predicted molar refractivity (Wildman–Crippen MR) is 90.5 cm³/mol. The lowest BCUT2D eigenvalue weighted by Gasteiger charge is -2.29. The summed E-state index contributed by atoms with van der Waals surface area (Å²) >= 11 is 1.42. The Bertz CT molecular complexity index is 848. The number of benzene rings is 1. The van der Waals surface area contributed by atoms with Crippen molar-refractivity contribution in [3.05, 3.63) is 58.4 Å². The van der Waals surface area contributed by atoms with Gasteiger partial charge in [-0.15, -0.1) is 11.3 Å². The van der Waals surface area contributed by atoms with Crippen LogP contribution >= 0.6 is 11.3 Å². The summed E-state index contributed by atoms with van der Waals surface area (Å²) in [5.74, 6) is -0.412. The number of carbonyl (C=O) groups is 2. The zero-order valence-corrected chi connectivity index (χ0v) is 13.7. The van der Waals surface area contributed by atoms with Crippen molar-refractivity contribution >= 4 is 28.8 Å². The molecule has 0 unspecified atom stereocenters. The highest BCUT2D eigenvalue weighted by Gasteiger charge is 2.24. The second-order valence-electron chi connectivity index (χ2n) is 5.31. The van der Waals surface area contributed by atoms with Gasteiger partial charge in [0.1, 0.15) is 0 Å². The molecule has 0 fully saturated rings. The van der Waals surface area contributed by atoms with Crippen LogP contribution in [0.3, 0.4) is 0 Å². The van der Waals surface area contributed by atoms with Gasteiger partial charge in [-0.3, -0.25) is 9.59 Å². The number of hydrogen-bond donors (Lipinski definition) is 0. The Hall–Kier alpha value is -2.47. The van der Waals surface area contributed by atoms with Gasteiger partial charge in [0.15, 0.2) is 4.80 Å². The van der Waals surface area contributed by atoms with E-state index in [1.165, 1.54) is 17.4 Å². The maximum absolute atomic E-state index is 12.6. The quantitative estimate of drug-likeness (QED) is 0.795. The molecule has 0 bridgehead atoms. The molecule has 0 spiro atoms. The number of nitrogens with zero attached hydrogens (tertiary/aromatic N) is 3. The van der Waals surface area contributed by atoms with Crippen LogP contribution in [0.2, 0.25) is 0 Å². The summed E-state index contributed by atoms with van der Waals surface area (Å²) in [6, 6.07) is 5.45. The number of hydrogen-bond acceptors (Lipinski definition) is 3. The van der Waals surface area contributed by atoms with Gasteiger partial charge in [0.2, 0.25) is 5.91 Å². The average molecular weight is 327 g/mol. The highest BCUT2D eigenvalue weighted by atomic mass is 32.1. The Balaban J connectivity index is 2.05. The molecule has 3 rings (SSSR count). The fourth-order valence-electron chi connectivity index (χ4n) is 2.75. The molecule has 0 radical (unpaired) electrons. The van der Waals surface area contributed by atoms with Crippen molar-refractivity contribution in [3.8, 4) is 0 Å². The molecule has 5 nitrogen and oxygen atoms in total. The molecular formula is C17H17N3O2S. The highest BCUT2D eigenvalue weighted by Crippen LogP contribution is 2.30. The third-order valence-corrected chi connectivity index (χ3v) is 4.73. The standard InChI is InChI=1S/C17H17N3O2S/c1-3-15(21)20-9-5-7-12-13(6-4-8-14(12)20)16(22)18-17-19(2)10-11-23-17/h3-4,6,8,10-11H,1,5,7,9H2,2H3. The molecule has 1 aliphatic rings. The van der Waals surface area contributed by atoms with Crippen molar-refractivity contribution < 1.29 is 9.59 Å². The smallest absolute Gasteiger partial charge is 0.280 e. The van der Waals surface area contributed by atoms with Crippen LogP contribution < -0.4 is 9.70 Å². The molecular weight excluding hydrogens is 310 g/mol. The summed E-state index contributed by atoms with van der Waals surface area (Å²) in [7, 11) is 1.85. The molecule has 6 heteroatoms. The van der Waals surface area contributed by atoms with Crippen molar-refractivity contribution in [3.63, 3.8) is 0 Å². The second-order valence-corrected chi connectivity index (χ2v) is 6.19. The van der Waals surface area contributed by atoms with Gasteiger partial charge in [0, 0.05) is 36.4 Å². The average Bonchev–Trinajstić information content (AvgIpc) is 2.97. The largest absolute Gasteiger partial charge is 0.327 e. The van der Waals surface area contributed by atoms with E-state index >= 15 is 0 Å². The van der Waals surface area contributed by atoms with Crippen LogP contribution in [0.5, 0.6) is 0 Å². The summed E-state index contributed by atoms with van der Waals surface area (Å²) in [5.41, 5.74) is 2.25. The van der Waals surface area contributed by atoms with Gasteiger partial charge in [-0.05, 0) is 36.6 Å². The Morgan fingerprint density at radius 2 is 2.22 bits per heavy atom. The van der Waals surface area contributed by atoms with E-state index in [4.69, 9.17) is 0 Å². The molecule has 0 saturated heterocycles. The first-order valence-electron chi connectivity index (χ1n) is 7.37. The fraction of sp³-hybridized carbons (Fsp3) is 0.235. The molecule has 2 aromatic rings. The van der Waals surface area contributed by atoms with Crippen molar-refractivity contribution in [2.75, 3.05) is 11.4 Å². The molecule has 0 aliphatic carbocycles. The molecule has 2 amide bonds. The molecule has 0 saturated carbocycles. The molecule has 1 aliphatic heterocycles. The number of aromatic nitrogens is 1. The minimum Gasteiger partial charge on any atom is -0.327 e. The zero-order valence-electron chi connectivity index (χ0n) is 12.9. The van der Waals surface area contributed by atoms with Gasteiger partial charge in [-0.2, -0.15) is 4.99 Å². The number of fused-ring (bicyclic) bond motifs is 1. The number of anilines is 1. The maximum atomic E-state index is 12.6. The molecule has 1 aromatic carbocycles. The SMILES string of the molecule is C=CC(=O)N1CCCc2c(C(=O)N=c3sccn3C)cccc21. The van der Waals surface area contributed by atoms with Crippen LogP contribution in [0.4, 0.5) is 5.69 Å². The first-order valence-corrected chi connectivity index (χ1v) is 8.25. The molecule has 1 aromatic heterocycles. The van der Waals surface area contributed by atoms with Gasteiger partial charge in [0.05, 0.1) is 0 Å². The summed E-state index contributed by atoms with van der Waals surface area (Å²) in [5, 5.41) is 1.89. The highest BCUT2D eigenvalue weighted by molar-refractivity contribution is 7.07. The van der Waals surface area contributed by atoms with Crippen LogP contribution in [-0.2, 0) is 18.3 Å². The summed E-state index contributed by atoms with van der Waals surface area (Å²) in [6.07, 6.45) is 4.76.